The van der Waals surface area contributed by atoms with Gasteiger partial charge in [0.25, 0.3) is 0 Å². The van der Waals surface area contributed by atoms with Crippen molar-refractivity contribution in [3.8, 4) is 5.75 Å². The molecule has 6 atom stereocenters. The minimum atomic E-state index is -1.54. The van der Waals surface area contributed by atoms with Crippen LogP contribution in [0.2, 0.25) is 0 Å². The van der Waals surface area contributed by atoms with Gasteiger partial charge in [0.15, 0.2) is 11.2 Å². The molecule has 4 heterocycles. The molecule has 5 aliphatic rings. The molecule has 6 unspecified atom stereocenters. The molecule has 1 aliphatic carbocycles. The molecular weight excluding hydrogens is 675 g/mol. The molecule has 0 amide bonds. The molecule has 5 fully saturated rings. The molecule has 0 spiro atoms. The summed E-state index contributed by atoms with van der Waals surface area (Å²) in [5, 5.41) is 11.1. The first-order valence-corrected chi connectivity index (χ1v) is 18.1. The van der Waals surface area contributed by atoms with Crippen LogP contribution in [0.15, 0.2) is 133 Å². The maximum absolute atomic E-state index is 15.7. The van der Waals surface area contributed by atoms with Crippen molar-refractivity contribution in [2.45, 2.75) is 67.6 Å². The molecule has 0 radical (unpaired) electrons. The Morgan fingerprint density at radius 1 is 0.679 bits per heavy atom. The number of aliphatic hydroxyl groups excluding tert-OH is 1. The Kier molecular flexibility index (Phi) is 9.12. The van der Waals surface area contributed by atoms with Crippen LogP contribution >= 0.6 is 0 Å². The van der Waals surface area contributed by atoms with Gasteiger partial charge < -0.3 is 38.3 Å². The van der Waals surface area contributed by atoms with E-state index in [2.05, 4.69) is 0 Å². The fourth-order valence-electron chi connectivity index (χ4n) is 8.02. The lowest BCUT2D eigenvalue weighted by atomic mass is 9.85. The number of halogens is 1. The van der Waals surface area contributed by atoms with E-state index in [4.69, 9.17) is 33.2 Å². The molecule has 1 N–H and O–H groups in total. The highest BCUT2D eigenvalue weighted by atomic mass is 19.1. The Bertz CT molecular complexity index is 2010. The third kappa shape index (κ3) is 6.06. The first-order chi connectivity index (χ1) is 26.0. The standard InChI is InChI=1S/C44H41FO8/c45-38-21-18-35(23-34(38)22-30-16-19-36(20-17-30)51-37-27-47-28-37)44-40(49-25-32-12-6-2-7-13-32)39(48-24-31-10-4-1-5-11-31)43(41(52-44)42(43,29-46)53-44)50-26-33-14-8-3-9-15-33/h1-21,23,37,39-41,46H,22,24-29H2. The lowest BCUT2D eigenvalue weighted by Gasteiger charge is -2.52. The van der Waals surface area contributed by atoms with Crippen molar-refractivity contribution in [2.24, 2.45) is 0 Å². The third-order valence-corrected chi connectivity index (χ3v) is 10.9. The van der Waals surface area contributed by atoms with Crippen LogP contribution in [-0.2, 0) is 60.4 Å². The SMILES string of the molecule is OCC12OC3(c4ccc(F)c(Cc5ccc(OC6COC6)cc5)c4)OC1C2(OCc1ccccc1)C(OCc1ccccc1)C3OCc1ccccc1. The Morgan fingerprint density at radius 3 is 1.85 bits per heavy atom. The molecule has 4 aliphatic heterocycles. The number of hydrogen-bond acceptors (Lipinski definition) is 8. The minimum Gasteiger partial charge on any atom is -0.486 e. The number of hydrogen-bond donors (Lipinski definition) is 1. The summed E-state index contributed by atoms with van der Waals surface area (Å²) in [5.41, 5.74) is 2.40. The molecule has 4 saturated heterocycles. The minimum absolute atomic E-state index is 0.0598. The predicted octanol–water partition coefficient (Wildman–Crippen LogP) is 6.65. The molecule has 1 saturated carbocycles. The van der Waals surface area contributed by atoms with Gasteiger partial charge in [-0.2, -0.15) is 0 Å². The van der Waals surface area contributed by atoms with Gasteiger partial charge in [-0.3, -0.25) is 0 Å². The predicted molar refractivity (Wildman–Crippen MR) is 192 cm³/mol. The Morgan fingerprint density at radius 2 is 1.28 bits per heavy atom. The van der Waals surface area contributed by atoms with E-state index in [1.807, 2.05) is 115 Å². The lowest BCUT2D eigenvalue weighted by molar-refractivity contribution is -0.389. The number of ether oxygens (including phenoxy) is 7. The maximum atomic E-state index is 15.7. The van der Waals surface area contributed by atoms with Crippen LogP contribution in [-0.4, -0.2) is 60.5 Å². The van der Waals surface area contributed by atoms with Crippen molar-refractivity contribution >= 4 is 0 Å². The zero-order chi connectivity index (χ0) is 35.9. The normalized spacial score (nSPS) is 28.4. The van der Waals surface area contributed by atoms with E-state index in [1.165, 1.54) is 6.07 Å². The monoisotopic (exact) mass is 716 g/mol. The van der Waals surface area contributed by atoms with Crippen LogP contribution in [0, 0.1) is 5.82 Å². The fourth-order valence-corrected chi connectivity index (χ4v) is 8.02. The zero-order valence-electron chi connectivity index (χ0n) is 29.1. The summed E-state index contributed by atoms with van der Waals surface area (Å²) in [5.74, 6) is -1.14. The van der Waals surface area contributed by atoms with Crippen LogP contribution in [0.25, 0.3) is 0 Å². The molecule has 9 heteroatoms. The van der Waals surface area contributed by atoms with Crippen LogP contribution in [0.5, 0.6) is 5.75 Å². The largest absolute Gasteiger partial charge is 0.486 e. The summed E-state index contributed by atoms with van der Waals surface area (Å²) in [6, 6.07) is 42.2. The third-order valence-electron chi connectivity index (χ3n) is 10.9. The number of rotatable bonds is 15. The van der Waals surface area contributed by atoms with Gasteiger partial charge in [-0.15, -0.1) is 0 Å². The van der Waals surface area contributed by atoms with Crippen molar-refractivity contribution in [3.05, 3.63) is 173 Å². The van der Waals surface area contributed by atoms with Gasteiger partial charge >= 0.3 is 0 Å². The molecule has 272 valence electrons. The number of benzene rings is 5. The molecule has 10 rings (SSSR count). The van der Waals surface area contributed by atoms with Crippen LogP contribution in [0.4, 0.5) is 4.39 Å². The molecule has 5 aromatic carbocycles. The van der Waals surface area contributed by atoms with E-state index >= 15 is 4.39 Å². The highest BCUT2D eigenvalue weighted by Crippen LogP contribution is 2.73. The number of aliphatic hydroxyl groups is 1. The molecule has 0 aromatic heterocycles. The summed E-state index contributed by atoms with van der Waals surface area (Å²) in [4.78, 5) is 0. The van der Waals surface area contributed by atoms with Gasteiger partial charge in [0, 0.05) is 12.0 Å². The van der Waals surface area contributed by atoms with E-state index in [-0.39, 0.29) is 38.3 Å². The average molecular weight is 717 g/mol. The van der Waals surface area contributed by atoms with Crippen molar-refractivity contribution in [1.29, 1.82) is 0 Å². The maximum Gasteiger partial charge on any atom is 0.226 e. The van der Waals surface area contributed by atoms with Crippen molar-refractivity contribution in [1.82, 2.24) is 0 Å². The van der Waals surface area contributed by atoms with E-state index in [1.54, 1.807) is 12.1 Å². The van der Waals surface area contributed by atoms with Gasteiger partial charge in [-0.1, -0.05) is 109 Å². The second-order valence-corrected chi connectivity index (χ2v) is 14.2. The van der Waals surface area contributed by atoms with E-state index < -0.39 is 35.3 Å². The van der Waals surface area contributed by atoms with Gasteiger partial charge in [-0.25, -0.2) is 4.39 Å². The average Bonchev–Trinajstić information content (AvgIpc) is 3.57. The van der Waals surface area contributed by atoms with E-state index in [9.17, 15) is 5.11 Å². The summed E-state index contributed by atoms with van der Waals surface area (Å²) in [7, 11) is 0. The van der Waals surface area contributed by atoms with Crippen LogP contribution in [0.1, 0.15) is 33.4 Å². The highest BCUT2D eigenvalue weighted by Gasteiger charge is 2.96. The van der Waals surface area contributed by atoms with E-state index in [0.717, 1.165) is 28.0 Å². The highest BCUT2D eigenvalue weighted by molar-refractivity contribution is 5.46. The first-order valence-electron chi connectivity index (χ1n) is 18.1. The summed E-state index contributed by atoms with van der Waals surface area (Å²) >= 11 is 0. The van der Waals surface area contributed by atoms with Crippen molar-refractivity contribution in [2.75, 3.05) is 19.8 Å². The zero-order valence-corrected chi connectivity index (χ0v) is 29.1. The smallest absolute Gasteiger partial charge is 0.226 e. The lowest BCUT2D eigenvalue weighted by Crippen LogP contribution is -2.67. The number of fused-ring (bicyclic) bond motifs is 1. The van der Waals surface area contributed by atoms with Gasteiger partial charge in [0.1, 0.15) is 36.0 Å². The molecule has 8 nitrogen and oxygen atoms in total. The second-order valence-electron chi connectivity index (χ2n) is 14.2. The van der Waals surface area contributed by atoms with E-state index in [0.29, 0.717) is 30.8 Å². The molecular formula is C44H41FO8. The molecule has 5 aromatic rings. The van der Waals surface area contributed by atoms with Crippen LogP contribution < -0.4 is 4.74 Å². The molecule has 53 heavy (non-hydrogen) atoms. The van der Waals surface area contributed by atoms with Gasteiger partial charge in [0.05, 0.1) is 39.6 Å². The van der Waals surface area contributed by atoms with Crippen LogP contribution in [0.3, 0.4) is 0 Å². The Hall–Kier alpha value is -4.45. The Labute approximate surface area is 308 Å². The summed E-state index contributed by atoms with van der Waals surface area (Å²) < 4.78 is 61.2. The van der Waals surface area contributed by atoms with Gasteiger partial charge in [0.2, 0.25) is 5.79 Å². The first kappa shape index (κ1) is 34.3. The Balaban J connectivity index is 1.08. The quantitative estimate of drug-likeness (QED) is 0.129. The van der Waals surface area contributed by atoms with Gasteiger partial charge in [-0.05, 0) is 52.1 Å². The second kappa shape index (κ2) is 14.1. The topological polar surface area (TPSA) is 84.8 Å². The fraction of sp³-hybridized carbons (Fsp3) is 0.318. The van der Waals surface area contributed by atoms with Crippen molar-refractivity contribution in [3.63, 3.8) is 0 Å². The summed E-state index contributed by atoms with van der Waals surface area (Å²) in [6.45, 7) is 1.53. The molecule has 4 bridgehead atoms. The summed E-state index contributed by atoms with van der Waals surface area (Å²) in [6.07, 6.45) is -1.90. The van der Waals surface area contributed by atoms with Crippen molar-refractivity contribution < 1.29 is 42.7 Å².